The number of anilines is 2. The average molecular weight is 570 g/mol. The number of benzene rings is 2. The summed E-state index contributed by atoms with van der Waals surface area (Å²) in [7, 11) is 1.63. The third kappa shape index (κ3) is 7.87. The Kier molecular flexibility index (Phi) is 10.0. The van der Waals surface area contributed by atoms with Crippen molar-refractivity contribution in [3.8, 4) is 5.75 Å². The maximum atomic E-state index is 13.7. The smallest absolute Gasteiger partial charge is 0.321 e. The van der Waals surface area contributed by atoms with E-state index in [2.05, 4.69) is 16.0 Å². The van der Waals surface area contributed by atoms with E-state index in [1.807, 2.05) is 6.92 Å². The van der Waals surface area contributed by atoms with Gasteiger partial charge in [-0.1, -0.05) is 26.2 Å². The number of rotatable bonds is 7. The largest absolute Gasteiger partial charge is 0.487 e. The molecule has 1 fully saturated rings. The van der Waals surface area contributed by atoms with Crippen LogP contribution in [0.4, 0.5) is 25.4 Å². The maximum Gasteiger partial charge on any atom is 0.321 e. The van der Waals surface area contributed by atoms with E-state index >= 15 is 0 Å². The predicted octanol–water partition coefficient (Wildman–Crippen LogP) is 4.66. The molecule has 41 heavy (non-hydrogen) atoms. The zero-order chi connectivity index (χ0) is 29.5. The van der Waals surface area contributed by atoms with E-state index in [1.165, 1.54) is 35.6 Å². The molecule has 4 rings (SSSR count). The molecule has 2 aromatic rings. The molecule has 1 saturated carbocycles. The molecule has 5 amide bonds. The van der Waals surface area contributed by atoms with Crippen LogP contribution in [0.15, 0.2) is 42.5 Å². The molecule has 1 heterocycles. The summed E-state index contributed by atoms with van der Waals surface area (Å²) >= 11 is 0. The lowest BCUT2D eigenvalue weighted by atomic mass is 9.96. The minimum absolute atomic E-state index is 0.137. The van der Waals surface area contributed by atoms with E-state index in [-0.39, 0.29) is 49.2 Å². The second kappa shape index (κ2) is 13.7. The zero-order valence-corrected chi connectivity index (χ0v) is 23.9. The van der Waals surface area contributed by atoms with Gasteiger partial charge in [-0.25, -0.2) is 14.0 Å². The first kappa shape index (κ1) is 30.1. The van der Waals surface area contributed by atoms with Crippen molar-refractivity contribution >= 4 is 29.3 Å². The topological polar surface area (TPSA) is 123 Å². The van der Waals surface area contributed by atoms with E-state index < -0.39 is 24.0 Å². The summed E-state index contributed by atoms with van der Waals surface area (Å²) in [6, 6.07) is 9.38. The van der Waals surface area contributed by atoms with Gasteiger partial charge in [0.15, 0.2) is 0 Å². The zero-order valence-electron chi connectivity index (χ0n) is 23.9. The minimum atomic E-state index is -0.493. The van der Waals surface area contributed by atoms with Crippen molar-refractivity contribution in [1.29, 1.82) is 0 Å². The number of nitrogens with one attached hydrogen (secondary N) is 3. The molecule has 1 aliphatic heterocycles. The Labute approximate surface area is 240 Å². The lowest BCUT2D eigenvalue weighted by Gasteiger charge is -2.38. The molecule has 0 unspecified atom stereocenters. The van der Waals surface area contributed by atoms with Crippen molar-refractivity contribution in [3.63, 3.8) is 0 Å². The molecular formula is C30H40FN5O5. The van der Waals surface area contributed by atoms with Crippen molar-refractivity contribution < 1.29 is 28.6 Å². The molecule has 3 atom stereocenters. The second-order valence-corrected chi connectivity index (χ2v) is 11.1. The van der Waals surface area contributed by atoms with Crippen LogP contribution in [0.1, 0.15) is 56.3 Å². The molecule has 0 spiro atoms. The lowest BCUT2D eigenvalue weighted by molar-refractivity contribution is 0.0371. The number of amides is 5. The molecule has 1 aliphatic carbocycles. The van der Waals surface area contributed by atoms with Gasteiger partial charge in [-0.15, -0.1) is 0 Å². The van der Waals surface area contributed by atoms with Crippen LogP contribution >= 0.6 is 0 Å². The van der Waals surface area contributed by atoms with Crippen molar-refractivity contribution in [2.45, 2.75) is 64.1 Å². The molecule has 0 saturated heterocycles. The van der Waals surface area contributed by atoms with Gasteiger partial charge in [0.1, 0.15) is 17.7 Å². The quantitative estimate of drug-likeness (QED) is 0.386. The number of aliphatic hydroxyl groups excluding tert-OH is 1. The molecular weight excluding hydrogens is 529 g/mol. The number of ether oxygens (including phenoxy) is 1. The fourth-order valence-corrected chi connectivity index (χ4v) is 5.22. The highest BCUT2D eigenvalue weighted by Gasteiger charge is 2.34. The van der Waals surface area contributed by atoms with E-state index in [4.69, 9.17) is 4.74 Å². The fourth-order valence-electron chi connectivity index (χ4n) is 5.22. The van der Waals surface area contributed by atoms with Gasteiger partial charge in [-0.3, -0.25) is 4.79 Å². The van der Waals surface area contributed by atoms with Crippen LogP contribution < -0.4 is 20.7 Å². The molecule has 2 aliphatic rings. The molecule has 222 valence electrons. The SMILES string of the molecule is C[C@H]1CN([C@@H](C)CO)C(=O)c2cc(NC(=O)NC3CCCCC3)ccc2O[C@H]1CN(C)C(=O)Nc1ccc(F)cc1. The Bertz CT molecular complexity index is 1220. The Morgan fingerprint density at radius 3 is 2.46 bits per heavy atom. The Balaban J connectivity index is 1.52. The Hall–Kier alpha value is -3.86. The van der Waals surface area contributed by atoms with E-state index in [0.717, 1.165) is 25.7 Å². The van der Waals surface area contributed by atoms with Gasteiger partial charge in [0.25, 0.3) is 5.91 Å². The number of aliphatic hydroxyl groups is 1. The standard InChI is InChI=1S/C30H40FN5O5/c1-19-16-36(20(2)18-37)28(38)25-15-24(33-29(39)32-22-7-5-4-6-8-22)13-14-26(25)41-27(19)17-35(3)30(40)34-23-11-9-21(31)10-12-23/h9-15,19-20,22,27,37H,4-8,16-18H2,1-3H3,(H,34,40)(H2,32,33,39)/t19-,20-,27-/m0/s1. The number of hydrogen-bond acceptors (Lipinski definition) is 5. The number of nitrogens with zero attached hydrogens (tertiary/aromatic N) is 2. The van der Waals surface area contributed by atoms with Crippen LogP contribution in [0.3, 0.4) is 0 Å². The number of likely N-dealkylation sites (N-methyl/N-ethyl adjacent to an activating group) is 1. The van der Waals surface area contributed by atoms with Gasteiger partial charge in [-0.2, -0.15) is 0 Å². The minimum Gasteiger partial charge on any atom is -0.487 e. The second-order valence-electron chi connectivity index (χ2n) is 11.1. The number of carbonyl (C=O) groups is 3. The predicted molar refractivity (Wildman–Crippen MR) is 155 cm³/mol. The molecule has 0 radical (unpaired) electrons. The first-order valence-corrected chi connectivity index (χ1v) is 14.2. The van der Waals surface area contributed by atoms with Crippen molar-refractivity contribution in [2.24, 2.45) is 5.92 Å². The molecule has 10 nitrogen and oxygen atoms in total. The average Bonchev–Trinajstić information content (AvgIpc) is 2.96. The molecule has 2 aromatic carbocycles. The monoisotopic (exact) mass is 569 g/mol. The first-order chi connectivity index (χ1) is 19.6. The summed E-state index contributed by atoms with van der Waals surface area (Å²) in [6.45, 7) is 3.97. The highest BCUT2D eigenvalue weighted by atomic mass is 19.1. The number of fused-ring (bicyclic) bond motifs is 1. The van der Waals surface area contributed by atoms with Gasteiger partial charge in [0, 0.05) is 36.9 Å². The summed E-state index contributed by atoms with van der Waals surface area (Å²) in [5.41, 5.74) is 1.17. The van der Waals surface area contributed by atoms with E-state index in [1.54, 1.807) is 37.1 Å². The summed E-state index contributed by atoms with van der Waals surface area (Å²) < 4.78 is 19.6. The first-order valence-electron chi connectivity index (χ1n) is 14.2. The number of urea groups is 2. The van der Waals surface area contributed by atoms with E-state index in [9.17, 15) is 23.9 Å². The third-order valence-corrected chi connectivity index (χ3v) is 7.76. The fraction of sp³-hybridized carbons (Fsp3) is 0.500. The van der Waals surface area contributed by atoms with Crippen molar-refractivity contribution in [3.05, 3.63) is 53.8 Å². The molecule has 0 bridgehead atoms. The summed E-state index contributed by atoms with van der Waals surface area (Å²) in [4.78, 5) is 42.2. The Morgan fingerprint density at radius 2 is 1.78 bits per heavy atom. The number of hydrogen-bond donors (Lipinski definition) is 4. The number of halogens is 1. The maximum absolute atomic E-state index is 13.7. The van der Waals surface area contributed by atoms with Crippen LogP contribution in [0.2, 0.25) is 0 Å². The normalized spacial score (nSPS) is 20.1. The van der Waals surface area contributed by atoms with Crippen LogP contribution in [0.5, 0.6) is 5.75 Å². The van der Waals surface area contributed by atoms with Gasteiger partial charge in [0.2, 0.25) is 0 Å². The lowest BCUT2D eigenvalue weighted by Crippen LogP contribution is -2.50. The summed E-state index contributed by atoms with van der Waals surface area (Å²) in [5.74, 6) is -0.578. The summed E-state index contributed by atoms with van der Waals surface area (Å²) in [5, 5.41) is 18.5. The molecule has 0 aromatic heterocycles. The van der Waals surface area contributed by atoms with Crippen molar-refractivity contribution in [2.75, 3.05) is 37.4 Å². The van der Waals surface area contributed by atoms with Gasteiger partial charge < -0.3 is 35.6 Å². The van der Waals surface area contributed by atoms with Gasteiger partial charge in [0.05, 0.1) is 24.8 Å². The van der Waals surface area contributed by atoms with E-state index in [0.29, 0.717) is 17.1 Å². The van der Waals surface area contributed by atoms with Crippen LogP contribution in [0, 0.1) is 11.7 Å². The highest BCUT2D eigenvalue weighted by Crippen LogP contribution is 2.31. The van der Waals surface area contributed by atoms with Crippen LogP contribution in [0.25, 0.3) is 0 Å². The number of carbonyl (C=O) groups excluding carboxylic acids is 3. The summed E-state index contributed by atoms with van der Waals surface area (Å²) in [6.07, 6.45) is 4.78. The van der Waals surface area contributed by atoms with Crippen molar-refractivity contribution in [1.82, 2.24) is 15.1 Å². The highest BCUT2D eigenvalue weighted by molar-refractivity contribution is 5.99. The van der Waals surface area contributed by atoms with Gasteiger partial charge >= 0.3 is 12.1 Å². The molecule has 11 heteroatoms. The van der Waals surface area contributed by atoms with Crippen LogP contribution in [-0.4, -0.2) is 77.8 Å². The van der Waals surface area contributed by atoms with Gasteiger partial charge in [-0.05, 0) is 62.2 Å². The molecule has 4 N–H and O–H groups in total. The Morgan fingerprint density at radius 1 is 1.10 bits per heavy atom. The third-order valence-electron chi connectivity index (χ3n) is 7.76. The van der Waals surface area contributed by atoms with Crippen LogP contribution in [-0.2, 0) is 0 Å².